The molecule has 0 bridgehead atoms. The molecule has 0 amide bonds. The Bertz CT molecular complexity index is 556. The molecule has 0 spiro atoms. The van der Waals surface area contributed by atoms with E-state index in [1.807, 2.05) is 43.6 Å². The maximum atomic E-state index is 10.1. The number of benzene rings is 1. The van der Waals surface area contributed by atoms with Gasteiger partial charge in [0.05, 0.1) is 5.69 Å². The van der Waals surface area contributed by atoms with Gasteiger partial charge in [-0.05, 0) is 24.1 Å². The molecule has 1 heterocycles. The van der Waals surface area contributed by atoms with Crippen LogP contribution in [-0.2, 0) is 11.8 Å². The second-order valence-electron chi connectivity index (χ2n) is 3.34. The van der Waals surface area contributed by atoms with Gasteiger partial charge in [-0.1, -0.05) is 18.1 Å². The Kier molecular flexibility index (Phi) is 2.84. The monoisotopic (exact) mass is 210 g/mol. The minimum Gasteiger partial charge on any atom is -0.289 e. The fourth-order valence-electron chi connectivity index (χ4n) is 1.41. The predicted molar refractivity (Wildman–Crippen MR) is 61.6 cm³/mol. The van der Waals surface area contributed by atoms with Crippen molar-refractivity contribution in [1.82, 2.24) is 9.78 Å². The van der Waals surface area contributed by atoms with Crippen LogP contribution in [0, 0.1) is 11.8 Å². The standard InChI is InChI=1S/C13H10N2O/c1-15-9-8-13(14-15)12-6-4-11(5-7-12)3-2-10-16/h4-10H,1H3. The molecule has 0 fully saturated rings. The van der Waals surface area contributed by atoms with Crippen molar-refractivity contribution in [1.29, 1.82) is 0 Å². The Morgan fingerprint density at radius 1 is 1.25 bits per heavy atom. The van der Waals surface area contributed by atoms with E-state index >= 15 is 0 Å². The second-order valence-corrected chi connectivity index (χ2v) is 3.34. The molecule has 3 nitrogen and oxygen atoms in total. The van der Waals surface area contributed by atoms with Crippen LogP contribution in [0.5, 0.6) is 0 Å². The van der Waals surface area contributed by atoms with E-state index in [4.69, 9.17) is 0 Å². The Morgan fingerprint density at radius 2 is 2.00 bits per heavy atom. The maximum absolute atomic E-state index is 10.1. The number of aryl methyl sites for hydroxylation is 1. The van der Waals surface area contributed by atoms with Crippen LogP contribution in [0.2, 0.25) is 0 Å². The molecular weight excluding hydrogens is 200 g/mol. The van der Waals surface area contributed by atoms with Gasteiger partial charge in [0.2, 0.25) is 0 Å². The molecule has 0 aliphatic carbocycles. The molecule has 0 radical (unpaired) electrons. The Balaban J connectivity index is 2.29. The molecule has 0 saturated carbocycles. The topological polar surface area (TPSA) is 34.9 Å². The molecule has 0 N–H and O–H groups in total. The number of aldehydes is 1. The van der Waals surface area contributed by atoms with Gasteiger partial charge in [-0.15, -0.1) is 0 Å². The van der Waals surface area contributed by atoms with Crippen molar-refractivity contribution in [2.24, 2.45) is 7.05 Å². The van der Waals surface area contributed by atoms with Crippen molar-refractivity contribution in [2.75, 3.05) is 0 Å². The first kappa shape index (κ1) is 10.2. The third kappa shape index (κ3) is 2.18. The van der Waals surface area contributed by atoms with E-state index in [0.29, 0.717) is 6.29 Å². The van der Waals surface area contributed by atoms with E-state index in [2.05, 4.69) is 16.9 Å². The summed E-state index contributed by atoms with van der Waals surface area (Å²) in [5, 5.41) is 4.30. The van der Waals surface area contributed by atoms with Crippen LogP contribution in [-0.4, -0.2) is 16.1 Å². The van der Waals surface area contributed by atoms with Crippen LogP contribution in [0.3, 0.4) is 0 Å². The smallest absolute Gasteiger partial charge is 0.193 e. The fraction of sp³-hybridized carbons (Fsp3) is 0.0769. The lowest BCUT2D eigenvalue weighted by molar-refractivity contribution is -0.103. The summed E-state index contributed by atoms with van der Waals surface area (Å²) < 4.78 is 1.76. The molecule has 16 heavy (non-hydrogen) atoms. The first-order valence-corrected chi connectivity index (χ1v) is 4.85. The average molecular weight is 210 g/mol. The lowest BCUT2D eigenvalue weighted by Gasteiger charge is -1.96. The van der Waals surface area contributed by atoms with Crippen molar-refractivity contribution in [3.05, 3.63) is 42.1 Å². The molecule has 0 unspecified atom stereocenters. The number of aromatic nitrogens is 2. The molecule has 2 aromatic rings. The summed E-state index contributed by atoms with van der Waals surface area (Å²) in [5.41, 5.74) is 2.79. The highest BCUT2D eigenvalue weighted by atomic mass is 16.1. The van der Waals surface area contributed by atoms with Crippen LogP contribution >= 0.6 is 0 Å². The molecular formula is C13H10N2O. The van der Waals surface area contributed by atoms with Crippen LogP contribution in [0.25, 0.3) is 11.3 Å². The summed E-state index contributed by atoms with van der Waals surface area (Å²) in [6.45, 7) is 0. The molecule has 2 rings (SSSR count). The molecule has 0 saturated heterocycles. The van der Waals surface area contributed by atoms with E-state index in [9.17, 15) is 4.79 Å². The van der Waals surface area contributed by atoms with Crippen LogP contribution in [0.4, 0.5) is 0 Å². The van der Waals surface area contributed by atoms with Gasteiger partial charge < -0.3 is 0 Å². The van der Waals surface area contributed by atoms with Gasteiger partial charge in [0.1, 0.15) is 0 Å². The first-order valence-electron chi connectivity index (χ1n) is 4.85. The van der Waals surface area contributed by atoms with Crippen molar-refractivity contribution in [3.8, 4) is 23.1 Å². The van der Waals surface area contributed by atoms with Gasteiger partial charge in [0.15, 0.2) is 6.29 Å². The number of nitrogens with zero attached hydrogens (tertiary/aromatic N) is 2. The van der Waals surface area contributed by atoms with E-state index in [1.165, 1.54) is 0 Å². The fourth-order valence-corrected chi connectivity index (χ4v) is 1.41. The first-order chi connectivity index (χ1) is 7.79. The molecule has 0 aliphatic heterocycles. The van der Waals surface area contributed by atoms with Crippen molar-refractivity contribution < 1.29 is 4.79 Å². The van der Waals surface area contributed by atoms with E-state index in [-0.39, 0.29) is 0 Å². The number of carbonyl (C=O) groups excluding carboxylic acids is 1. The third-order valence-corrected chi connectivity index (χ3v) is 2.17. The highest BCUT2D eigenvalue weighted by molar-refractivity contribution is 5.74. The number of carbonyl (C=O) groups is 1. The Morgan fingerprint density at radius 3 is 2.56 bits per heavy atom. The number of hydrogen-bond acceptors (Lipinski definition) is 2. The minimum atomic E-state index is 0.590. The summed E-state index contributed by atoms with van der Waals surface area (Å²) in [6.07, 6.45) is 2.49. The van der Waals surface area contributed by atoms with Gasteiger partial charge in [0.25, 0.3) is 0 Å². The van der Waals surface area contributed by atoms with Crippen LogP contribution in [0.1, 0.15) is 5.56 Å². The van der Waals surface area contributed by atoms with Crippen LogP contribution in [0.15, 0.2) is 36.5 Å². The highest BCUT2D eigenvalue weighted by Gasteiger charge is 1.99. The zero-order valence-electron chi connectivity index (χ0n) is 8.84. The summed E-state index contributed by atoms with van der Waals surface area (Å²) in [5.74, 6) is 5.11. The maximum Gasteiger partial charge on any atom is 0.193 e. The van der Waals surface area contributed by atoms with E-state index < -0.39 is 0 Å². The molecule has 0 atom stereocenters. The molecule has 78 valence electrons. The lowest BCUT2D eigenvalue weighted by atomic mass is 10.1. The third-order valence-electron chi connectivity index (χ3n) is 2.17. The molecule has 3 heteroatoms. The zero-order valence-corrected chi connectivity index (χ0v) is 8.84. The zero-order chi connectivity index (χ0) is 11.4. The Hall–Kier alpha value is -2.34. The largest absolute Gasteiger partial charge is 0.289 e. The van der Waals surface area contributed by atoms with Crippen molar-refractivity contribution in [3.63, 3.8) is 0 Å². The van der Waals surface area contributed by atoms with Gasteiger partial charge in [0, 0.05) is 24.4 Å². The van der Waals surface area contributed by atoms with E-state index in [0.717, 1.165) is 16.8 Å². The summed E-state index contributed by atoms with van der Waals surface area (Å²) in [4.78, 5) is 10.1. The van der Waals surface area contributed by atoms with Gasteiger partial charge in [-0.2, -0.15) is 5.10 Å². The van der Waals surface area contributed by atoms with E-state index in [1.54, 1.807) is 4.68 Å². The predicted octanol–water partition coefficient (Wildman–Crippen LogP) is 1.64. The van der Waals surface area contributed by atoms with Crippen molar-refractivity contribution in [2.45, 2.75) is 0 Å². The van der Waals surface area contributed by atoms with Crippen molar-refractivity contribution >= 4 is 6.29 Å². The number of hydrogen-bond donors (Lipinski definition) is 0. The SMILES string of the molecule is Cn1ccc(-c2ccc(C#CC=O)cc2)n1. The molecule has 1 aromatic carbocycles. The quantitative estimate of drug-likeness (QED) is 0.529. The molecule has 1 aromatic heterocycles. The summed E-state index contributed by atoms with van der Waals surface area (Å²) in [7, 11) is 1.88. The lowest BCUT2D eigenvalue weighted by Crippen LogP contribution is -1.87. The highest BCUT2D eigenvalue weighted by Crippen LogP contribution is 2.16. The minimum absolute atomic E-state index is 0.590. The average Bonchev–Trinajstić information content (AvgIpc) is 2.74. The Labute approximate surface area is 93.7 Å². The van der Waals surface area contributed by atoms with Gasteiger partial charge >= 0.3 is 0 Å². The summed E-state index contributed by atoms with van der Waals surface area (Å²) >= 11 is 0. The molecule has 0 aliphatic rings. The van der Waals surface area contributed by atoms with Gasteiger partial charge in [-0.25, -0.2) is 0 Å². The second kappa shape index (κ2) is 4.45. The van der Waals surface area contributed by atoms with Gasteiger partial charge in [-0.3, -0.25) is 9.48 Å². The summed E-state index contributed by atoms with van der Waals surface area (Å²) in [6, 6.07) is 9.58. The van der Waals surface area contributed by atoms with Crippen LogP contribution < -0.4 is 0 Å². The normalized spacial score (nSPS) is 9.31. The number of rotatable bonds is 1.